The molecule has 1 rings (SSSR count). The van der Waals surface area contributed by atoms with Crippen molar-refractivity contribution in [3.05, 3.63) is 23.8 Å². The van der Waals surface area contributed by atoms with Crippen LogP contribution in [0.1, 0.15) is 26.3 Å². The first-order valence-corrected chi connectivity index (χ1v) is 7.12. The minimum atomic E-state index is -2.90. The smallest absolute Gasteiger partial charge is 0.387 e. The highest BCUT2D eigenvalue weighted by Crippen LogP contribution is 2.29. The molecule has 1 aromatic rings. The van der Waals surface area contributed by atoms with Gasteiger partial charge in [-0.1, -0.05) is 6.07 Å². The number of hydrogen-bond donors (Lipinski definition) is 2. The lowest BCUT2D eigenvalue weighted by atomic mass is 10.2. The number of benzene rings is 1. The summed E-state index contributed by atoms with van der Waals surface area (Å²) in [5.74, 6) is 0.942. The highest BCUT2D eigenvalue weighted by Gasteiger charge is 2.11. The number of alkyl halides is 2. The lowest BCUT2D eigenvalue weighted by molar-refractivity contribution is -0.0512. The molecule has 0 atom stereocenters. The molecule has 0 saturated heterocycles. The zero-order valence-electron chi connectivity index (χ0n) is 13.7. The Labute approximate surface area is 152 Å². The van der Waals surface area contributed by atoms with Crippen molar-refractivity contribution >= 4 is 29.9 Å². The molecule has 0 fully saturated rings. The summed E-state index contributed by atoms with van der Waals surface area (Å²) in [6.45, 7) is 4.17. The number of rotatable bonds is 7. The first-order valence-electron chi connectivity index (χ1n) is 7.12. The molecule has 0 amide bonds. The van der Waals surface area contributed by atoms with Gasteiger partial charge in [-0.05, 0) is 38.5 Å². The van der Waals surface area contributed by atoms with Crippen LogP contribution in [0.25, 0.3) is 0 Å². The standard InChI is InChI=1S/C15H23F2N3O2.HI/c1-5-18-15(20-10(2)3)19-9-11-6-7-12(21-4)13(8-11)22-14(16)17;/h6-8,10,14H,5,9H2,1-4H3,(H2,18,19,20);1H. The van der Waals surface area contributed by atoms with Gasteiger partial charge in [0.25, 0.3) is 0 Å². The van der Waals surface area contributed by atoms with Crippen molar-refractivity contribution in [2.24, 2.45) is 4.99 Å². The zero-order chi connectivity index (χ0) is 16.5. The second kappa shape index (κ2) is 11.3. The van der Waals surface area contributed by atoms with E-state index in [1.165, 1.54) is 13.2 Å². The summed E-state index contributed by atoms with van der Waals surface area (Å²) >= 11 is 0. The quantitative estimate of drug-likeness (QED) is 0.386. The number of ether oxygens (including phenoxy) is 2. The summed E-state index contributed by atoms with van der Waals surface area (Å²) in [5, 5.41) is 6.30. The van der Waals surface area contributed by atoms with Gasteiger partial charge >= 0.3 is 6.61 Å². The molecule has 1 aromatic carbocycles. The van der Waals surface area contributed by atoms with Gasteiger partial charge in [-0.2, -0.15) is 8.78 Å². The zero-order valence-corrected chi connectivity index (χ0v) is 16.1. The highest BCUT2D eigenvalue weighted by atomic mass is 127. The maximum Gasteiger partial charge on any atom is 0.387 e. The van der Waals surface area contributed by atoms with E-state index in [0.717, 1.165) is 12.1 Å². The molecule has 0 aliphatic rings. The number of aliphatic imine (C=N–C) groups is 1. The van der Waals surface area contributed by atoms with E-state index in [4.69, 9.17) is 4.74 Å². The number of hydrogen-bond acceptors (Lipinski definition) is 3. The van der Waals surface area contributed by atoms with Crippen LogP contribution >= 0.6 is 24.0 Å². The molecule has 2 N–H and O–H groups in total. The Morgan fingerprint density at radius 2 is 1.96 bits per heavy atom. The molecule has 23 heavy (non-hydrogen) atoms. The van der Waals surface area contributed by atoms with Crippen LogP contribution in [0.4, 0.5) is 8.78 Å². The van der Waals surface area contributed by atoms with Crippen molar-refractivity contribution in [1.82, 2.24) is 10.6 Å². The number of nitrogens with one attached hydrogen (secondary N) is 2. The van der Waals surface area contributed by atoms with E-state index in [0.29, 0.717) is 12.5 Å². The monoisotopic (exact) mass is 443 g/mol. The highest BCUT2D eigenvalue weighted by molar-refractivity contribution is 14.0. The van der Waals surface area contributed by atoms with Crippen LogP contribution in [0.3, 0.4) is 0 Å². The maximum absolute atomic E-state index is 12.4. The van der Waals surface area contributed by atoms with Crippen LogP contribution < -0.4 is 20.1 Å². The average molecular weight is 443 g/mol. The molecule has 0 spiro atoms. The topological polar surface area (TPSA) is 54.9 Å². The van der Waals surface area contributed by atoms with Crippen molar-refractivity contribution < 1.29 is 18.3 Å². The number of methoxy groups -OCH3 is 1. The van der Waals surface area contributed by atoms with Crippen molar-refractivity contribution in [3.8, 4) is 11.5 Å². The minimum absolute atomic E-state index is 0. The number of nitrogens with zero attached hydrogens (tertiary/aromatic N) is 1. The van der Waals surface area contributed by atoms with Crippen LogP contribution in [0, 0.1) is 0 Å². The molecular formula is C15H24F2IN3O2. The molecule has 0 aromatic heterocycles. The molecule has 0 saturated carbocycles. The molecule has 132 valence electrons. The molecule has 0 unspecified atom stereocenters. The lowest BCUT2D eigenvalue weighted by Gasteiger charge is -2.14. The first kappa shape index (κ1) is 21.7. The molecule has 0 heterocycles. The summed E-state index contributed by atoms with van der Waals surface area (Å²) in [6.07, 6.45) is 0. The second-order valence-electron chi connectivity index (χ2n) is 4.86. The third-order valence-electron chi connectivity index (χ3n) is 2.63. The molecule has 5 nitrogen and oxygen atoms in total. The van der Waals surface area contributed by atoms with Gasteiger partial charge < -0.3 is 20.1 Å². The third kappa shape index (κ3) is 8.19. The molecule has 0 aliphatic heterocycles. The van der Waals surface area contributed by atoms with Crippen molar-refractivity contribution in [2.45, 2.75) is 40.0 Å². The van der Waals surface area contributed by atoms with E-state index in [2.05, 4.69) is 20.4 Å². The van der Waals surface area contributed by atoms with Gasteiger partial charge in [0.15, 0.2) is 17.5 Å². The Morgan fingerprint density at radius 3 is 2.48 bits per heavy atom. The van der Waals surface area contributed by atoms with Crippen LogP contribution in [-0.4, -0.2) is 32.3 Å². The Balaban J connectivity index is 0.00000484. The minimum Gasteiger partial charge on any atom is -0.493 e. The molecule has 0 radical (unpaired) electrons. The Kier molecular flexibility index (Phi) is 10.6. The maximum atomic E-state index is 12.4. The van der Waals surface area contributed by atoms with Crippen molar-refractivity contribution in [2.75, 3.05) is 13.7 Å². The fraction of sp³-hybridized carbons (Fsp3) is 0.533. The number of guanidine groups is 1. The van der Waals surface area contributed by atoms with Gasteiger partial charge in [0.05, 0.1) is 13.7 Å². The molecule has 0 aliphatic carbocycles. The normalized spacial score (nSPS) is 11.2. The number of halogens is 3. The summed E-state index contributed by atoms with van der Waals surface area (Å²) < 4.78 is 34.3. The average Bonchev–Trinajstić information content (AvgIpc) is 2.44. The Hall–Kier alpha value is -1.32. The molecule has 8 heteroatoms. The summed E-state index contributed by atoms with van der Waals surface area (Å²) in [4.78, 5) is 4.41. The first-order chi connectivity index (χ1) is 10.5. The summed E-state index contributed by atoms with van der Waals surface area (Å²) in [5.41, 5.74) is 0.748. The van der Waals surface area contributed by atoms with Gasteiger partial charge in [0.2, 0.25) is 0 Å². The lowest BCUT2D eigenvalue weighted by Crippen LogP contribution is -2.40. The van der Waals surface area contributed by atoms with Crippen LogP contribution in [0.2, 0.25) is 0 Å². The predicted molar refractivity (Wildman–Crippen MR) is 98.1 cm³/mol. The van der Waals surface area contributed by atoms with E-state index >= 15 is 0 Å². The predicted octanol–water partition coefficient (Wildman–Crippen LogP) is 3.38. The van der Waals surface area contributed by atoms with E-state index in [1.54, 1.807) is 12.1 Å². The van der Waals surface area contributed by atoms with E-state index < -0.39 is 6.61 Å². The second-order valence-corrected chi connectivity index (χ2v) is 4.86. The Morgan fingerprint density at radius 1 is 1.26 bits per heavy atom. The van der Waals surface area contributed by atoms with Crippen LogP contribution in [0.5, 0.6) is 11.5 Å². The van der Waals surface area contributed by atoms with E-state index in [1.807, 2.05) is 20.8 Å². The van der Waals surface area contributed by atoms with E-state index in [-0.39, 0.29) is 41.5 Å². The van der Waals surface area contributed by atoms with Crippen LogP contribution in [0.15, 0.2) is 23.2 Å². The Bertz CT molecular complexity index is 500. The SMILES string of the molecule is CCNC(=NCc1ccc(OC)c(OC(F)F)c1)NC(C)C.I. The van der Waals surface area contributed by atoms with Gasteiger partial charge in [-0.3, -0.25) is 0 Å². The molecular weight excluding hydrogens is 419 g/mol. The van der Waals surface area contributed by atoms with Gasteiger partial charge in [0.1, 0.15) is 0 Å². The van der Waals surface area contributed by atoms with Gasteiger partial charge in [0, 0.05) is 12.6 Å². The third-order valence-corrected chi connectivity index (χ3v) is 2.63. The summed E-state index contributed by atoms with van der Waals surface area (Å²) in [6, 6.07) is 5.10. The summed E-state index contributed by atoms with van der Waals surface area (Å²) in [7, 11) is 1.40. The van der Waals surface area contributed by atoms with Gasteiger partial charge in [-0.15, -0.1) is 24.0 Å². The van der Waals surface area contributed by atoms with Crippen LogP contribution in [-0.2, 0) is 6.54 Å². The fourth-order valence-electron chi connectivity index (χ4n) is 1.77. The fourth-order valence-corrected chi connectivity index (χ4v) is 1.77. The largest absolute Gasteiger partial charge is 0.493 e. The van der Waals surface area contributed by atoms with Gasteiger partial charge in [-0.25, -0.2) is 4.99 Å². The van der Waals surface area contributed by atoms with Crippen molar-refractivity contribution in [1.29, 1.82) is 0 Å². The van der Waals surface area contributed by atoms with E-state index in [9.17, 15) is 8.78 Å². The molecule has 0 bridgehead atoms. The van der Waals surface area contributed by atoms with Crippen molar-refractivity contribution in [3.63, 3.8) is 0 Å².